The topological polar surface area (TPSA) is 18.8 Å². The zero-order valence-electron chi connectivity index (χ0n) is 17.6. The highest BCUT2D eigenvalue weighted by Gasteiger charge is 2.27. The number of likely N-dealkylation sites (tertiary alicyclic amines) is 1. The normalized spacial score (nSPS) is 22.1. The number of piperidine rings is 1. The molecule has 1 aromatic rings. The van der Waals surface area contributed by atoms with Crippen LogP contribution in [0.15, 0.2) is 35.1 Å². The number of halogens is 2. The minimum Gasteiger partial charge on any atom is -0.357 e. The van der Waals surface area contributed by atoms with E-state index in [1.807, 2.05) is 18.2 Å². The third kappa shape index (κ3) is 4.86. The van der Waals surface area contributed by atoms with E-state index in [2.05, 4.69) is 43.6 Å². The van der Waals surface area contributed by atoms with Crippen LogP contribution >= 0.6 is 23.2 Å². The van der Waals surface area contributed by atoms with Gasteiger partial charge in [-0.25, -0.2) is 4.99 Å². The van der Waals surface area contributed by atoms with Gasteiger partial charge >= 0.3 is 0 Å². The zero-order valence-corrected chi connectivity index (χ0v) is 19.1. The van der Waals surface area contributed by atoms with E-state index in [9.17, 15) is 0 Å². The number of aliphatic imine (C=N–C) groups is 1. The first-order chi connectivity index (χ1) is 13.4. The number of anilines is 1. The lowest BCUT2D eigenvalue weighted by Gasteiger charge is -2.39. The lowest BCUT2D eigenvalue weighted by atomic mass is 9.88. The first-order valence-corrected chi connectivity index (χ1v) is 11.4. The molecule has 2 atom stereocenters. The van der Waals surface area contributed by atoms with Crippen LogP contribution < -0.4 is 4.90 Å². The monoisotopic (exact) mass is 421 g/mol. The molecule has 1 aromatic carbocycles. The Morgan fingerprint density at radius 2 is 1.93 bits per heavy atom. The van der Waals surface area contributed by atoms with E-state index < -0.39 is 0 Å². The van der Waals surface area contributed by atoms with Crippen molar-refractivity contribution in [3.8, 4) is 0 Å². The van der Waals surface area contributed by atoms with Gasteiger partial charge in [-0.2, -0.15) is 0 Å². The third-order valence-corrected chi connectivity index (χ3v) is 7.13. The number of benzene rings is 1. The second-order valence-electron chi connectivity index (χ2n) is 8.39. The standard InChI is InChI=1S/C23H33Cl2N3/c1-5-16(2)9-10-19-11-13-27(14-12-19)22-15-17(3)28(18(4)26-22)21-8-6-7-20(24)23(21)25/h6-8,15-17,19H,5,9-14H2,1-4H3/t16-,17?/m0/s1. The minimum absolute atomic E-state index is 0.187. The number of hydrogen-bond acceptors (Lipinski definition) is 3. The fourth-order valence-corrected chi connectivity index (χ4v) is 4.65. The first kappa shape index (κ1) is 21.5. The maximum absolute atomic E-state index is 6.46. The molecule has 154 valence electrons. The van der Waals surface area contributed by atoms with Gasteiger partial charge in [0.05, 0.1) is 21.8 Å². The van der Waals surface area contributed by atoms with Gasteiger partial charge in [0.1, 0.15) is 11.7 Å². The smallest absolute Gasteiger partial charge is 0.128 e. The van der Waals surface area contributed by atoms with Crippen LogP contribution in [0.25, 0.3) is 0 Å². The van der Waals surface area contributed by atoms with Crippen LogP contribution in [0.2, 0.25) is 10.0 Å². The fraction of sp³-hybridized carbons (Fsp3) is 0.609. The Labute approximate surface area is 180 Å². The van der Waals surface area contributed by atoms with Crippen LogP contribution in [0.5, 0.6) is 0 Å². The van der Waals surface area contributed by atoms with Crippen molar-refractivity contribution in [1.29, 1.82) is 0 Å². The van der Waals surface area contributed by atoms with Crippen LogP contribution in [-0.4, -0.2) is 29.9 Å². The summed E-state index contributed by atoms with van der Waals surface area (Å²) in [6, 6.07) is 5.95. The lowest BCUT2D eigenvalue weighted by Crippen LogP contribution is -2.42. The number of rotatable bonds is 6. The largest absolute Gasteiger partial charge is 0.357 e. The van der Waals surface area contributed by atoms with Crippen molar-refractivity contribution in [2.24, 2.45) is 16.8 Å². The van der Waals surface area contributed by atoms with Gasteiger partial charge in [0.2, 0.25) is 0 Å². The predicted octanol–water partition coefficient (Wildman–Crippen LogP) is 7.00. The maximum atomic E-state index is 6.46. The van der Waals surface area contributed by atoms with Gasteiger partial charge in [0.25, 0.3) is 0 Å². The van der Waals surface area contributed by atoms with Crippen LogP contribution in [0.4, 0.5) is 5.69 Å². The van der Waals surface area contributed by atoms with Gasteiger partial charge < -0.3 is 9.80 Å². The SMILES string of the molecule is CC[C@H](C)CCC1CCN(C2=CC(C)N(c3cccc(Cl)c3Cl)C(C)=N2)CC1. The summed E-state index contributed by atoms with van der Waals surface area (Å²) in [5.41, 5.74) is 0.918. The van der Waals surface area contributed by atoms with Crippen molar-refractivity contribution >= 4 is 34.7 Å². The number of hydrogen-bond donors (Lipinski definition) is 0. The fourth-order valence-electron chi connectivity index (χ4n) is 4.27. The van der Waals surface area contributed by atoms with E-state index in [0.29, 0.717) is 10.0 Å². The molecule has 5 heteroatoms. The summed E-state index contributed by atoms with van der Waals surface area (Å²) in [6.07, 6.45) is 8.85. The van der Waals surface area contributed by atoms with E-state index in [1.54, 1.807) is 0 Å². The van der Waals surface area contributed by atoms with Crippen LogP contribution in [0, 0.1) is 11.8 Å². The first-order valence-electron chi connectivity index (χ1n) is 10.7. The number of nitrogens with zero attached hydrogens (tertiary/aromatic N) is 3. The van der Waals surface area contributed by atoms with Crippen molar-refractivity contribution in [2.75, 3.05) is 18.0 Å². The minimum atomic E-state index is 0.187. The molecule has 3 rings (SSSR count). The van der Waals surface area contributed by atoms with Gasteiger partial charge in [0, 0.05) is 13.1 Å². The molecule has 0 spiro atoms. The quantitative estimate of drug-likeness (QED) is 0.492. The summed E-state index contributed by atoms with van der Waals surface area (Å²) >= 11 is 12.7. The Morgan fingerprint density at radius 3 is 2.57 bits per heavy atom. The van der Waals surface area contributed by atoms with Gasteiger partial charge in [-0.3, -0.25) is 0 Å². The molecule has 28 heavy (non-hydrogen) atoms. The molecule has 0 radical (unpaired) electrons. The second kappa shape index (κ2) is 9.54. The molecular weight excluding hydrogens is 389 g/mol. The molecule has 0 saturated carbocycles. The molecule has 0 bridgehead atoms. The summed E-state index contributed by atoms with van der Waals surface area (Å²) < 4.78 is 0. The highest BCUT2D eigenvalue weighted by Crippen LogP contribution is 2.36. The molecule has 1 unspecified atom stereocenters. The highest BCUT2D eigenvalue weighted by molar-refractivity contribution is 6.44. The zero-order chi connectivity index (χ0) is 20.3. The van der Waals surface area contributed by atoms with Crippen molar-refractivity contribution < 1.29 is 0 Å². The summed E-state index contributed by atoms with van der Waals surface area (Å²) in [5, 5.41) is 1.16. The molecule has 2 heterocycles. The molecular formula is C23H33Cl2N3. The highest BCUT2D eigenvalue weighted by atomic mass is 35.5. The Morgan fingerprint density at radius 1 is 1.21 bits per heavy atom. The van der Waals surface area contributed by atoms with Crippen LogP contribution in [-0.2, 0) is 0 Å². The van der Waals surface area contributed by atoms with Gasteiger partial charge in [-0.1, -0.05) is 62.4 Å². The average Bonchev–Trinajstić information content (AvgIpc) is 2.69. The molecule has 1 fully saturated rings. The molecule has 2 aliphatic heterocycles. The predicted molar refractivity (Wildman–Crippen MR) is 123 cm³/mol. The number of amidine groups is 1. The van der Waals surface area contributed by atoms with E-state index in [0.717, 1.165) is 42.3 Å². The summed E-state index contributed by atoms with van der Waals surface area (Å²) in [4.78, 5) is 9.54. The van der Waals surface area contributed by atoms with Crippen molar-refractivity contribution in [3.05, 3.63) is 40.1 Å². The molecule has 2 aliphatic rings. The summed E-state index contributed by atoms with van der Waals surface area (Å²) in [5.74, 6) is 3.81. The van der Waals surface area contributed by atoms with E-state index in [4.69, 9.17) is 28.2 Å². The van der Waals surface area contributed by atoms with Gasteiger partial charge in [0.15, 0.2) is 0 Å². The Balaban J connectivity index is 1.64. The van der Waals surface area contributed by atoms with Crippen molar-refractivity contribution in [3.63, 3.8) is 0 Å². The van der Waals surface area contributed by atoms with E-state index in [-0.39, 0.29) is 6.04 Å². The third-order valence-electron chi connectivity index (χ3n) is 6.32. The molecule has 0 amide bonds. The second-order valence-corrected chi connectivity index (χ2v) is 9.17. The van der Waals surface area contributed by atoms with E-state index >= 15 is 0 Å². The molecule has 0 N–H and O–H groups in total. The average molecular weight is 422 g/mol. The molecule has 3 nitrogen and oxygen atoms in total. The summed E-state index contributed by atoms with van der Waals surface area (Å²) in [7, 11) is 0. The van der Waals surface area contributed by atoms with Crippen LogP contribution in [0.1, 0.15) is 59.8 Å². The molecule has 0 aromatic heterocycles. The Bertz CT molecular complexity index is 735. The Hall–Kier alpha value is -1.19. The maximum Gasteiger partial charge on any atom is 0.128 e. The van der Waals surface area contributed by atoms with Gasteiger partial charge in [-0.15, -0.1) is 0 Å². The van der Waals surface area contributed by atoms with Crippen molar-refractivity contribution in [2.45, 2.75) is 65.8 Å². The van der Waals surface area contributed by atoms with Crippen LogP contribution in [0.3, 0.4) is 0 Å². The van der Waals surface area contributed by atoms with E-state index in [1.165, 1.54) is 32.1 Å². The molecule has 0 aliphatic carbocycles. The summed E-state index contributed by atoms with van der Waals surface area (Å²) in [6.45, 7) is 11.1. The lowest BCUT2D eigenvalue weighted by molar-refractivity contribution is 0.208. The van der Waals surface area contributed by atoms with Gasteiger partial charge in [-0.05, 0) is 56.7 Å². The molecule has 1 saturated heterocycles. The van der Waals surface area contributed by atoms with Crippen molar-refractivity contribution in [1.82, 2.24) is 4.90 Å². The Kier molecular flexibility index (Phi) is 7.33.